The summed E-state index contributed by atoms with van der Waals surface area (Å²) in [6.07, 6.45) is 96.3. The molecule has 0 bridgehead atoms. The second kappa shape index (κ2) is 65.3. The van der Waals surface area contributed by atoms with E-state index in [1.807, 2.05) is 21.1 Å². The van der Waals surface area contributed by atoms with Crippen molar-refractivity contribution in [3.8, 4) is 0 Å². The van der Waals surface area contributed by atoms with Gasteiger partial charge in [-0.05, 0) is 116 Å². The molecule has 2 unspecified atom stereocenters. The van der Waals surface area contributed by atoms with Gasteiger partial charge < -0.3 is 27.9 Å². The smallest absolute Gasteiger partial charge is 0.306 e. The number of nitrogens with zero attached hydrogens (tertiary/aromatic N) is 1. The Morgan fingerprint density at radius 2 is 0.628 bits per heavy atom. The number of allylic oxidation sites excluding steroid dienone is 24. The second-order valence-corrected chi connectivity index (χ2v) is 25.2. The molecule has 0 aliphatic rings. The Morgan fingerprint density at radius 3 is 0.930 bits per heavy atom. The predicted octanol–water partition coefficient (Wildman–Crippen LogP) is 22.0. The molecule has 2 atom stereocenters. The molecule has 10 heteroatoms. The fourth-order valence-corrected chi connectivity index (χ4v) is 9.86. The van der Waals surface area contributed by atoms with E-state index < -0.39 is 26.5 Å². The number of ether oxygens (including phenoxy) is 2. The van der Waals surface area contributed by atoms with Crippen LogP contribution in [-0.2, 0) is 32.7 Å². The number of rotatable bonds is 62. The van der Waals surface area contributed by atoms with Gasteiger partial charge in [0, 0.05) is 12.8 Å². The summed E-state index contributed by atoms with van der Waals surface area (Å²) >= 11 is 0. The average molecular weight is 1210 g/mol. The number of likely N-dealkylation sites (N-methyl/N-ethyl adjacent to an activating group) is 1. The molecule has 0 heterocycles. The summed E-state index contributed by atoms with van der Waals surface area (Å²) in [5.74, 6) is -0.841. The molecule has 86 heavy (non-hydrogen) atoms. The monoisotopic (exact) mass is 1210 g/mol. The number of esters is 2. The maximum Gasteiger partial charge on any atom is 0.306 e. The molecule has 0 aromatic rings. The third-order valence-corrected chi connectivity index (χ3v) is 15.3. The van der Waals surface area contributed by atoms with Crippen LogP contribution in [-0.4, -0.2) is 70.0 Å². The van der Waals surface area contributed by atoms with Gasteiger partial charge >= 0.3 is 11.9 Å². The number of carbonyl (C=O) groups is 2. The van der Waals surface area contributed by atoms with Crippen LogP contribution in [0.25, 0.3) is 0 Å². The fourth-order valence-electron chi connectivity index (χ4n) is 9.14. The molecule has 0 rings (SSSR count). The molecular formula is C76H128NO8P. The molecule has 0 aromatic heterocycles. The van der Waals surface area contributed by atoms with Crippen molar-refractivity contribution in [3.63, 3.8) is 0 Å². The molecule has 0 radical (unpaired) electrons. The molecule has 0 amide bonds. The molecule has 9 nitrogen and oxygen atoms in total. The van der Waals surface area contributed by atoms with Crippen LogP contribution in [0, 0.1) is 0 Å². The van der Waals surface area contributed by atoms with E-state index in [0.717, 1.165) is 128 Å². The molecule has 0 aliphatic heterocycles. The normalized spacial score (nSPS) is 14.1. The molecule has 0 N–H and O–H groups in total. The van der Waals surface area contributed by atoms with Gasteiger partial charge in [0.2, 0.25) is 0 Å². The van der Waals surface area contributed by atoms with Crippen molar-refractivity contribution in [2.45, 2.75) is 277 Å². The number of hydrogen-bond acceptors (Lipinski definition) is 8. The summed E-state index contributed by atoms with van der Waals surface area (Å²) in [5.41, 5.74) is 0. The maximum absolute atomic E-state index is 12.9. The van der Waals surface area contributed by atoms with Crippen LogP contribution >= 0.6 is 7.82 Å². The molecule has 0 saturated heterocycles. The molecule has 0 spiro atoms. The van der Waals surface area contributed by atoms with E-state index in [4.69, 9.17) is 18.5 Å². The van der Waals surface area contributed by atoms with E-state index in [-0.39, 0.29) is 32.0 Å². The maximum atomic E-state index is 12.9. The van der Waals surface area contributed by atoms with Crippen LogP contribution in [0.3, 0.4) is 0 Å². The van der Waals surface area contributed by atoms with Gasteiger partial charge in [-0.15, -0.1) is 0 Å². The van der Waals surface area contributed by atoms with Crippen molar-refractivity contribution in [1.82, 2.24) is 0 Å². The van der Waals surface area contributed by atoms with Crippen molar-refractivity contribution < 1.29 is 42.1 Å². The topological polar surface area (TPSA) is 111 Å². The zero-order chi connectivity index (χ0) is 62.6. The second-order valence-electron chi connectivity index (χ2n) is 23.8. The number of hydrogen-bond donors (Lipinski definition) is 0. The highest BCUT2D eigenvalue weighted by Gasteiger charge is 2.22. The molecule has 0 aliphatic carbocycles. The largest absolute Gasteiger partial charge is 0.756 e. The Balaban J connectivity index is 4.10. The average Bonchev–Trinajstić information content (AvgIpc) is 3.56. The zero-order valence-corrected chi connectivity index (χ0v) is 56.6. The van der Waals surface area contributed by atoms with Crippen LogP contribution in [0.2, 0.25) is 0 Å². The van der Waals surface area contributed by atoms with Crippen LogP contribution < -0.4 is 4.89 Å². The SMILES string of the molecule is CC/C=C\C/C=C\C/C=C\C/C=C\C/C=C\C/C=C\C/C=C\CCCCCCCCCCCCCCCC(=O)OC(COC(=O)CCCCCCCCCCCCC/C=C\C/C=C\C/C=C\C/C=C\C/C=C\CC)COP(=O)([O-])OCC[N+](C)(C)C. The van der Waals surface area contributed by atoms with E-state index in [0.29, 0.717) is 17.4 Å². The van der Waals surface area contributed by atoms with Gasteiger partial charge in [-0.1, -0.05) is 288 Å². The number of quaternary nitrogens is 1. The predicted molar refractivity (Wildman–Crippen MR) is 369 cm³/mol. The highest BCUT2D eigenvalue weighted by atomic mass is 31.2. The summed E-state index contributed by atoms with van der Waals surface area (Å²) in [6, 6.07) is 0. The first-order chi connectivity index (χ1) is 42.0. The van der Waals surface area contributed by atoms with E-state index in [1.165, 1.54) is 109 Å². The first-order valence-electron chi connectivity index (χ1n) is 34.5. The van der Waals surface area contributed by atoms with E-state index in [2.05, 4.69) is 160 Å². The van der Waals surface area contributed by atoms with E-state index in [9.17, 15) is 19.0 Å². The number of phosphoric acid groups is 1. The Bertz CT molecular complexity index is 1960. The summed E-state index contributed by atoms with van der Waals surface area (Å²) in [4.78, 5) is 38.1. The molecule has 0 saturated carbocycles. The summed E-state index contributed by atoms with van der Waals surface area (Å²) in [7, 11) is 1.15. The Kier molecular flexibility index (Phi) is 62.2. The lowest BCUT2D eigenvalue weighted by Crippen LogP contribution is -2.37. The number of unbranched alkanes of at least 4 members (excludes halogenated alkanes) is 24. The van der Waals surface area contributed by atoms with Gasteiger partial charge in [-0.3, -0.25) is 14.2 Å². The standard InChI is InChI=1S/C76H128NO8P/c1-6-8-10-12-14-16-18-20-22-24-26-28-30-32-34-35-36-37-38-39-40-41-43-45-47-49-51-53-55-57-59-61-63-65-67-69-76(79)85-74(73-84-86(80,81)83-71-70-77(3,4)5)72-82-75(78)68-66-64-62-60-58-56-54-52-50-48-46-44-42-33-31-29-27-25-23-21-19-17-15-13-11-9-7-2/h8-11,14-17,20-23,26-29,32-34,36-37,39-40,42,74H,6-7,12-13,18-19,24-25,30-31,35,38,41,43-73H2,1-5H3/b10-8-,11-9-,16-14-,17-15-,22-20-,23-21-,28-26-,29-27-,34-32-,37-36-,40-39-,42-33-. The summed E-state index contributed by atoms with van der Waals surface area (Å²) in [6.45, 7) is 4.01. The first-order valence-corrected chi connectivity index (χ1v) is 36.0. The Hall–Kier alpha value is -4.11. The lowest BCUT2D eigenvalue weighted by atomic mass is 10.0. The molecule has 0 fully saturated rings. The van der Waals surface area contributed by atoms with Gasteiger partial charge in [0.25, 0.3) is 7.82 Å². The van der Waals surface area contributed by atoms with Gasteiger partial charge in [0.1, 0.15) is 19.8 Å². The van der Waals surface area contributed by atoms with Crippen molar-refractivity contribution >= 4 is 19.8 Å². The highest BCUT2D eigenvalue weighted by Crippen LogP contribution is 2.38. The van der Waals surface area contributed by atoms with Crippen LogP contribution in [0.1, 0.15) is 271 Å². The minimum Gasteiger partial charge on any atom is -0.756 e. The summed E-state index contributed by atoms with van der Waals surface area (Å²) in [5, 5.41) is 0. The molecular weight excluding hydrogens is 1090 g/mol. The van der Waals surface area contributed by atoms with Crippen molar-refractivity contribution in [3.05, 3.63) is 146 Å². The van der Waals surface area contributed by atoms with Crippen LogP contribution in [0.15, 0.2) is 146 Å². The number of phosphoric ester groups is 1. The Labute approximate surface area is 529 Å². The third kappa shape index (κ3) is 69.0. The minimum absolute atomic E-state index is 0.0377. The van der Waals surface area contributed by atoms with Gasteiger partial charge in [0.05, 0.1) is 27.7 Å². The lowest BCUT2D eigenvalue weighted by Gasteiger charge is -2.28. The van der Waals surface area contributed by atoms with E-state index in [1.54, 1.807) is 0 Å². The minimum atomic E-state index is -4.65. The van der Waals surface area contributed by atoms with Crippen molar-refractivity contribution in [1.29, 1.82) is 0 Å². The zero-order valence-electron chi connectivity index (χ0n) is 55.7. The van der Waals surface area contributed by atoms with Crippen LogP contribution in [0.5, 0.6) is 0 Å². The lowest BCUT2D eigenvalue weighted by molar-refractivity contribution is -0.870. The van der Waals surface area contributed by atoms with E-state index >= 15 is 0 Å². The van der Waals surface area contributed by atoms with Gasteiger partial charge in [0.15, 0.2) is 6.10 Å². The Morgan fingerprint density at radius 1 is 0.360 bits per heavy atom. The van der Waals surface area contributed by atoms with Crippen LogP contribution in [0.4, 0.5) is 0 Å². The van der Waals surface area contributed by atoms with Gasteiger partial charge in [-0.2, -0.15) is 0 Å². The van der Waals surface area contributed by atoms with Crippen molar-refractivity contribution in [2.24, 2.45) is 0 Å². The highest BCUT2D eigenvalue weighted by molar-refractivity contribution is 7.45. The fraction of sp³-hybridized carbons (Fsp3) is 0.658. The van der Waals surface area contributed by atoms with Gasteiger partial charge in [-0.25, -0.2) is 0 Å². The molecule has 490 valence electrons. The summed E-state index contributed by atoms with van der Waals surface area (Å²) < 4.78 is 34.3. The van der Waals surface area contributed by atoms with Crippen molar-refractivity contribution in [2.75, 3.05) is 47.5 Å². The molecule has 0 aromatic carbocycles. The third-order valence-electron chi connectivity index (χ3n) is 14.4. The number of carbonyl (C=O) groups excluding carboxylic acids is 2. The first kappa shape index (κ1) is 81.9. The quantitative estimate of drug-likeness (QED) is 0.0195.